The van der Waals surface area contributed by atoms with E-state index < -0.39 is 10.0 Å². The molecule has 0 unspecified atom stereocenters. The van der Waals surface area contributed by atoms with Gasteiger partial charge in [0.05, 0.1) is 12.4 Å². The molecular weight excluding hydrogens is 252 g/mol. The molecule has 0 saturated carbocycles. The number of rotatable bonds is 4. The van der Waals surface area contributed by atoms with E-state index in [9.17, 15) is 8.42 Å². The Kier molecular flexibility index (Phi) is 4.64. The third-order valence-corrected chi connectivity index (χ3v) is 5.94. The highest BCUT2D eigenvalue weighted by Crippen LogP contribution is 2.29. The van der Waals surface area contributed by atoms with Crippen molar-refractivity contribution in [1.29, 1.82) is 0 Å². The zero-order valence-corrected chi connectivity index (χ0v) is 12.2. The fourth-order valence-electron chi connectivity index (χ4n) is 2.99. The monoisotopic (exact) mass is 276 g/mol. The molecule has 0 aliphatic carbocycles. The predicted octanol–water partition coefficient (Wildman–Crippen LogP) is 0.521. The van der Waals surface area contributed by atoms with Gasteiger partial charge in [-0.1, -0.05) is 0 Å². The Hall–Kier alpha value is -0.170. The number of methoxy groups -OCH3 is 1. The van der Waals surface area contributed by atoms with Gasteiger partial charge < -0.3 is 4.74 Å². The van der Waals surface area contributed by atoms with Gasteiger partial charge in [0.2, 0.25) is 10.0 Å². The molecule has 106 valence electrons. The van der Waals surface area contributed by atoms with Crippen LogP contribution in [0.2, 0.25) is 0 Å². The van der Waals surface area contributed by atoms with Crippen LogP contribution in [0, 0.1) is 0 Å². The van der Waals surface area contributed by atoms with Crippen molar-refractivity contribution in [2.75, 3.05) is 39.1 Å². The van der Waals surface area contributed by atoms with Crippen LogP contribution in [0.15, 0.2) is 0 Å². The lowest BCUT2D eigenvalue weighted by molar-refractivity contribution is -0.0402. The smallest absolute Gasteiger partial charge is 0.213 e. The lowest BCUT2D eigenvalue weighted by Crippen LogP contribution is -2.62. The Labute approximate surface area is 110 Å². The molecule has 2 aliphatic heterocycles. The summed E-state index contributed by atoms with van der Waals surface area (Å²) in [5, 5.41) is 0. The largest absolute Gasteiger partial charge is 0.383 e. The van der Waals surface area contributed by atoms with Crippen LogP contribution >= 0.6 is 0 Å². The molecule has 0 bridgehead atoms. The van der Waals surface area contributed by atoms with Crippen LogP contribution in [0.25, 0.3) is 0 Å². The maximum Gasteiger partial charge on any atom is 0.213 e. The van der Waals surface area contributed by atoms with Crippen molar-refractivity contribution in [3.63, 3.8) is 0 Å². The van der Waals surface area contributed by atoms with E-state index in [0.29, 0.717) is 25.2 Å². The summed E-state index contributed by atoms with van der Waals surface area (Å²) in [5.41, 5.74) is 0. The van der Waals surface area contributed by atoms with Gasteiger partial charge >= 0.3 is 0 Å². The number of fused-ring (bicyclic) bond motifs is 1. The zero-order chi connectivity index (χ0) is 13.2. The van der Waals surface area contributed by atoms with Gasteiger partial charge in [-0.2, -0.15) is 0 Å². The molecule has 2 atom stereocenters. The van der Waals surface area contributed by atoms with Crippen LogP contribution in [0.4, 0.5) is 0 Å². The Morgan fingerprint density at radius 2 is 2.00 bits per heavy atom. The molecule has 2 saturated heterocycles. The summed E-state index contributed by atoms with van der Waals surface area (Å²) in [6.07, 6.45) is 3.10. The molecule has 0 amide bonds. The van der Waals surface area contributed by atoms with E-state index in [2.05, 4.69) is 4.90 Å². The first-order valence-corrected chi connectivity index (χ1v) is 8.42. The minimum Gasteiger partial charge on any atom is -0.383 e. The molecule has 0 aromatic rings. The van der Waals surface area contributed by atoms with Crippen molar-refractivity contribution in [3.8, 4) is 0 Å². The van der Waals surface area contributed by atoms with E-state index in [1.54, 1.807) is 18.3 Å². The van der Waals surface area contributed by atoms with Crippen molar-refractivity contribution in [2.45, 2.75) is 38.3 Å². The topological polar surface area (TPSA) is 49.9 Å². The van der Waals surface area contributed by atoms with Crippen LogP contribution < -0.4 is 0 Å². The van der Waals surface area contributed by atoms with Gasteiger partial charge in [-0.3, -0.25) is 4.90 Å². The number of sulfonamides is 1. The lowest BCUT2D eigenvalue weighted by Gasteiger charge is -2.51. The predicted molar refractivity (Wildman–Crippen MR) is 71.0 cm³/mol. The van der Waals surface area contributed by atoms with E-state index in [1.165, 1.54) is 0 Å². The van der Waals surface area contributed by atoms with Crippen molar-refractivity contribution < 1.29 is 13.2 Å². The Morgan fingerprint density at radius 3 is 2.67 bits per heavy atom. The highest BCUT2D eigenvalue weighted by Gasteiger charge is 2.40. The fraction of sp³-hybridized carbons (Fsp3) is 1.00. The van der Waals surface area contributed by atoms with E-state index in [-0.39, 0.29) is 5.75 Å². The first-order valence-electron chi connectivity index (χ1n) is 6.81. The molecule has 0 N–H and O–H groups in total. The molecular formula is C12H24N2O3S. The minimum atomic E-state index is -3.04. The highest BCUT2D eigenvalue weighted by molar-refractivity contribution is 7.89. The summed E-state index contributed by atoms with van der Waals surface area (Å²) in [6.45, 7) is 4.92. The minimum absolute atomic E-state index is 0.210. The van der Waals surface area contributed by atoms with E-state index in [0.717, 1.165) is 32.4 Å². The summed E-state index contributed by atoms with van der Waals surface area (Å²) in [4.78, 5) is 2.42. The molecule has 2 heterocycles. The molecule has 2 aliphatic rings. The number of hydrogen-bond acceptors (Lipinski definition) is 4. The number of ether oxygens (including phenoxy) is 1. The lowest BCUT2D eigenvalue weighted by atomic mass is 9.91. The van der Waals surface area contributed by atoms with Crippen molar-refractivity contribution in [3.05, 3.63) is 0 Å². The summed E-state index contributed by atoms with van der Waals surface area (Å²) in [5.74, 6) is 0.210. The summed E-state index contributed by atoms with van der Waals surface area (Å²) < 4.78 is 30.9. The molecule has 0 aromatic heterocycles. The second-order valence-corrected chi connectivity index (χ2v) is 7.46. The molecule has 2 fully saturated rings. The molecule has 18 heavy (non-hydrogen) atoms. The Morgan fingerprint density at radius 1 is 1.28 bits per heavy atom. The second kappa shape index (κ2) is 5.86. The van der Waals surface area contributed by atoms with Gasteiger partial charge in [-0.25, -0.2) is 12.7 Å². The third-order valence-electron chi connectivity index (χ3n) is 4.09. The second-order valence-electron chi connectivity index (χ2n) is 5.20. The SMILES string of the molecule is CCS(=O)(=O)N1CCCCN2[C@H](COC)C[C@@H]2C1. The van der Waals surface area contributed by atoms with Crippen LogP contribution in [-0.2, 0) is 14.8 Å². The molecule has 0 spiro atoms. The van der Waals surface area contributed by atoms with Crippen molar-refractivity contribution >= 4 is 10.0 Å². The number of hydrogen-bond donors (Lipinski definition) is 0. The molecule has 0 aromatic carbocycles. The van der Waals surface area contributed by atoms with Crippen LogP contribution in [0.5, 0.6) is 0 Å². The molecule has 5 nitrogen and oxygen atoms in total. The van der Waals surface area contributed by atoms with Gasteiger partial charge in [0.1, 0.15) is 0 Å². The first-order chi connectivity index (χ1) is 8.58. The maximum atomic E-state index is 12.0. The maximum absolute atomic E-state index is 12.0. The summed E-state index contributed by atoms with van der Waals surface area (Å²) in [7, 11) is -1.31. The van der Waals surface area contributed by atoms with Crippen molar-refractivity contribution in [1.82, 2.24) is 9.21 Å². The highest BCUT2D eigenvalue weighted by atomic mass is 32.2. The fourth-order valence-corrected chi connectivity index (χ4v) is 4.16. The van der Waals surface area contributed by atoms with E-state index >= 15 is 0 Å². The molecule has 6 heteroatoms. The Bertz CT molecular complexity index is 372. The molecule has 2 rings (SSSR count). The zero-order valence-electron chi connectivity index (χ0n) is 11.3. The van der Waals surface area contributed by atoms with Gasteiger partial charge in [0.25, 0.3) is 0 Å². The molecule has 0 radical (unpaired) electrons. The normalized spacial score (nSPS) is 31.2. The third kappa shape index (κ3) is 2.87. The van der Waals surface area contributed by atoms with E-state index in [1.807, 2.05) is 0 Å². The Balaban J connectivity index is 2.00. The van der Waals surface area contributed by atoms with Gasteiger partial charge in [0.15, 0.2) is 0 Å². The van der Waals surface area contributed by atoms with Gasteiger partial charge in [-0.05, 0) is 32.7 Å². The van der Waals surface area contributed by atoms with Crippen molar-refractivity contribution in [2.24, 2.45) is 0 Å². The summed E-state index contributed by atoms with van der Waals surface area (Å²) in [6, 6.07) is 0.885. The average molecular weight is 276 g/mol. The quantitative estimate of drug-likeness (QED) is 0.751. The van der Waals surface area contributed by atoms with Gasteiger partial charge in [-0.15, -0.1) is 0 Å². The standard InChI is InChI=1S/C12H24N2O3S/c1-3-18(15,16)13-6-4-5-7-14-11(9-13)8-12(14)10-17-2/h11-12H,3-10H2,1-2H3/t11-,12+/m1/s1. The van der Waals surface area contributed by atoms with Gasteiger partial charge in [0, 0.05) is 32.3 Å². The van der Waals surface area contributed by atoms with Crippen LogP contribution in [0.1, 0.15) is 26.2 Å². The van der Waals surface area contributed by atoms with Crippen LogP contribution in [-0.4, -0.2) is 68.8 Å². The first kappa shape index (κ1) is 14.2. The van der Waals surface area contributed by atoms with Crippen LogP contribution in [0.3, 0.4) is 0 Å². The number of nitrogens with zero attached hydrogens (tertiary/aromatic N) is 2. The average Bonchev–Trinajstić information content (AvgIpc) is 2.31. The van der Waals surface area contributed by atoms with E-state index in [4.69, 9.17) is 4.74 Å². The summed E-state index contributed by atoms with van der Waals surface area (Å²) >= 11 is 0.